The predicted octanol–water partition coefficient (Wildman–Crippen LogP) is 3.66. The van der Waals surface area contributed by atoms with Crippen LogP contribution < -0.4 is 4.90 Å². The second-order valence-electron chi connectivity index (χ2n) is 5.11. The molecule has 122 valence electrons. The van der Waals surface area contributed by atoms with E-state index in [9.17, 15) is 9.59 Å². The van der Waals surface area contributed by atoms with E-state index in [0.29, 0.717) is 20.5 Å². The second-order valence-corrected chi connectivity index (χ2v) is 6.78. The Bertz CT molecular complexity index is 959. The van der Waals surface area contributed by atoms with Gasteiger partial charge in [0.15, 0.2) is 4.32 Å². The van der Waals surface area contributed by atoms with Gasteiger partial charge in [0.1, 0.15) is 0 Å². The summed E-state index contributed by atoms with van der Waals surface area (Å²) in [4.78, 5) is 25.5. The first-order chi connectivity index (χ1) is 12.0. The van der Waals surface area contributed by atoms with Gasteiger partial charge in [-0.1, -0.05) is 42.2 Å². The largest absolute Gasteiger partial charge is 0.478 e. The standard InChI is InChI=1S/C18H10N2O3S2/c19-10-12-6-4-11(5-7-12)8-15-16(21)20(18(24)25-15)14-3-1-2-13(9-14)17(22)23/h1-9H,(H,22,23)/b15-8+. The molecular formula is C18H10N2O3S2. The van der Waals surface area contributed by atoms with Gasteiger partial charge in [-0.3, -0.25) is 9.69 Å². The quantitative estimate of drug-likeness (QED) is 0.659. The van der Waals surface area contributed by atoms with Crippen molar-refractivity contribution in [3.8, 4) is 6.07 Å². The van der Waals surface area contributed by atoms with Gasteiger partial charge in [-0.05, 0) is 42.0 Å². The van der Waals surface area contributed by atoms with Crippen molar-refractivity contribution >= 4 is 51.9 Å². The zero-order valence-corrected chi connectivity index (χ0v) is 14.3. The monoisotopic (exact) mass is 366 g/mol. The molecule has 2 aromatic carbocycles. The zero-order chi connectivity index (χ0) is 18.0. The molecule has 1 heterocycles. The molecule has 5 nitrogen and oxygen atoms in total. The van der Waals surface area contributed by atoms with Gasteiger partial charge in [-0.2, -0.15) is 5.26 Å². The number of rotatable bonds is 3. The molecule has 1 amide bonds. The molecule has 1 aliphatic rings. The number of carboxylic acid groups (broad SMARTS) is 1. The normalized spacial score (nSPS) is 15.5. The third-order valence-electron chi connectivity index (χ3n) is 3.48. The highest BCUT2D eigenvalue weighted by atomic mass is 32.2. The van der Waals surface area contributed by atoms with Crippen LogP contribution in [0.4, 0.5) is 5.69 Å². The highest BCUT2D eigenvalue weighted by molar-refractivity contribution is 8.27. The molecular weight excluding hydrogens is 356 g/mol. The first-order valence-electron chi connectivity index (χ1n) is 7.11. The fourth-order valence-corrected chi connectivity index (χ4v) is 3.57. The number of carboxylic acids is 1. The maximum Gasteiger partial charge on any atom is 0.335 e. The number of thiocarbonyl (C=S) groups is 1. The summed E-state index contributed by atoms with van der Waals surface area (Å²) in [7, 11) is 0. The molecule has 1 saturated heterocycles. The van der Waals surface area contributed by atoms with Crippen LogP contribution in [-0.4, -0.2) is 21.3 Å². The van der Waals surface area contributed by atoms with E-state index in [-0.39, 0.29) is 11.5 Å². The minimum Gasteiger partial charge on any atom is -0.478 e. The van der Waals surface area contributed by atoms with E-state index >= 15 is 0 Å². The van der Waals surface area contributed by atoms with Gasteiger partial charge in [0.2, 0.25) is 0 Å². The smallest absolute Gasteiger partial charge is 0.335 e. The van der Waals surface area contributed by atoms with Crippen LogP contribution in [0.25, 0.3) is 6.08 Å². The summed E-state index contributed by atoms with van der Waals surface area (Å²) in [6, 6.07) is 14.9. The summed E-state index contributed by atoms with van der Waals surface area (Å²) in [6.07, 6.45) is 1.70. The van der Waals surface area contributed by atoms with E-state index in [1.807, 2.05) is 6.07 Å². The number of nitriles is 1. The number of hydrogen-bond acceptors (Lipinski definition) is 5. The molecule has 0 saturated carbocycles. The summed E-state index contributed by atoms with van der Waals surface area (Å²) in [5.74, 6) is -1.37. The molecule has 0 aromatic heterocycles. The molecule has 0 aliphatic carbocycles. The summed E-state index contributed by atoms with van der Waals surface area (Å²) in [6.45, 7) is 0. The molecule has 25 heavy (non-hydrogen) atoms. The molecule has 3 rings (SSSR count). The number of carbonyl (C=O) groups is 2. The second kappa shape index (κ2) is 6.89. The van der Waals surface area contributed by atoms with Crippen LogP contribution in [-0.2, 0) is 4.79 Å². The maximum atomic E-state index is 12.7. The van der Waals surface area contributed by atoms with Crippen molar-refractivity contribution in [1.29, 1.82) is 5.26 Å². The van der Waals surface area contributed by atoms with Crippen molar-refractivity contribution in [2.45, 2.75) is 0 Å². The number of nitrogens with zero attached hydrogens (tertiary/aromatic N) is 2. The minimum absolute atomic E-state index is 0.0858. The Morgan fingerprint density at radius 1 is 1.24 bits per heavy atom. The number of anilines is 1. The van der Waals surface area contributed by atoms with Crippen molar-refractivity contribution < 1.29 is 14.7 Å². The molecule has 1 fully saturated rings. The lowest BCUT2D eigenvalue weighted by atomic mass is 10.1. The molecule has 7 heteroatoms. The van der Waals surface area contributed by atoms with Gasteiger partial charge in [0.05, 0.1) is 27.8 Å². The third-order valence-corrected chi connectivity index (χ3v) is 4.78. The van der Waals surface area contributed by atoms with Gasteiger partial charge in [-0.25, -0.2) is 4.79 Å². The van der Waals surface area contributed by atoms with Crippen LogP contribution in [0.2, 0.25) is 0 Å². The van der Waals surface area contributed by atoms with Gasteiger partial charge in [0.25, 0.3) is 5.91 Å². The fourth-order valence-electron chi connectivity index (χ4n) is 2.27. The first kappa shape index (κ1) is 16.9. The SMILES string of the molecule is N#Cc1ccc(/C=C2/SC(=S)N(c3cccc(C(=O)O)c3)C2=O)cc1. The lowest BCUT2D eigenvalue weighted by Crippen LogP contribution is -2.27. The predicted molar refractivity (Wildman–Crippen MR) is 100 cm³/mol. The van der Waals surface area contributed by atoms with Crippen molar-refractivity contribution in [3.63, 3.8) is 0 Å². The highest BCUT2D eigenvalue weighted by Crippen LogP contribution is 2.36. The van der Waals surface area contributed by atoms with Crippen LogP contribution in [0.1, 0.15) is 21.5 Å². The number of benzene rings is 2. The van der Waals surface area contributed by atoms with Crippen molar-refractivity contribution in [2.75, 3.05) is 4.90 Å². The molecule has 2 aromatic rings. The van der Waals surface area contributed by atoms with Crippen LogP contribution in [0, 0.1) is 11.3 Å². The van der Waals surface area contributed by atoms with E-state index in [0.717, 1.165) is 17.3 Å². The van der Waals surface area contributed by atoms with Crippen molar-refractivity contribution in [2.24, 2.45) is 0 Å². The van der Waals surface area contributed by atoms with E-state index in [1.165, 1.54) is 17.0 Å². The van der Waals surface area contributed by atoms with E-state index < -0.39 is 5.97 Å². The van der Waals surface area contributed by atoms with Crippen LogP contribution in [0.15, 0.2) is 53.4 Å². The molecule has 1 N–H and O–H groups in total. The van der Waals surface area contributed by atoms with Gasteiger partial charge in [0, 0.05) is 0 Å². The number of hydrogen-bond donors (Lipinski definition) is 1. The molecule has 1 aliphatic heterocycles. The van der Waals surface area contributed by atoms with Crippen molar-refractivity contribution in [3.05, 3.63) is 70.1 Å². The van der Waals surface area contributed by atoms with Crippen molar-refractivity contribution in [1.82, 2.24) is 0 Å². The van der Waals surface area contributed by atoms with E-state index in [1.54, 1.807) is 42.5 Å². The van der Waals surface area contributed by atoms with E-state index in [4.69, 9.17) is 22.6 Å². The van der Waals surface area contributed by atoms with Gasteiger partial charge < -0.3 is 5.11 Å². The average Bonchev–Trinajstić information content (AvgIpc) is 2.89. The Morgan fingerprint density at radius 2 is 1.96 bits per heavy atom. The summed E-state index contributed by atoms with van der Waals surface area (Å²) in [5, 5.41) is 17.9. The highest BCUT2D eigenvalue weighted by Gasteiger charge is 2.33. The van der Waals surface area contributed by atoms with Gasteiger partial charge in [-0.15, -0.1) is 0 Å². The zero-order valence-electron chi connectivity index (χ0n) is 12.7. The van der Waals surface area contributed by atoms with Crippen LogP contribution >= 0.6 is 24.0 Å². The maximum absolute atomic E-state index is 12.7. The average molecular weight is 366 g/mol. The Balaban J connectivity index is 1.92. The lowest BCUT2D eigenvalue weighted by molar-refractivity contribution is -0.113. The Hall–Kier alpha value is -2.95. The molecule has 0 unspecified atom stereocenters. The topological polar surface area (TPSA) is 81.4 Å². The molecule has 0 atom stereocenters. The Labute approximate surface area is 153 Å². The Kier molecular flexibility index (Phi) is 4.65. The third kappa shape index (κ3) is 3.45. The minimum atomic E-state index is -1.07. The fraction of sp³-hybridized carbons (Fsp3) is 0. The number of amides is 1. The summed E-state index contributed by atoms with van der Waals surface area (Å²) >= 11 is 6.43. The summed E-state index contributed by atoms with van der Waals surface area (Å²) < 4.78 is 0.340. The number of thioether (sulfide) groups is 1. The molecule has 0 spiro atoms. The van der Waals surface area contributed by atoms with Crippen LogP contribution in [0.3, 0.4) is 0 Å². The van der Waals surface area contributed by atoms with Gasteiger partial charge >= 0.3 is 5.97 Å². The number of carbonyl (C=O) groups excluding carboxylic acids is 1. The lowest BCUT2D eigenvalue weighted by Gasteiger charge is -2.14. The molecule has 0 radical (unpaired) electrons. The molecule has 0 bridgehead atoms. The summed E-state index contributed by atoms with van der Waals surface area (Å²) in [5.41, 5.74) is 1.82. The number of aromatic carboxylic acids is 1. The van der Waals surface area contributed by atoms with Crippen LogP contribution in [0.5, 0.6) is 0 Å². The van der Waals surface area contributed by atoms with E-state index in [2.05, 4.69) is 0 Å². The Morgan fingerprint density at radius 3 is 2.60 bits per heavy atom. The first-order valence-corrected chi connectivity index (χ1v) is 8.33.